The lowest BCUT2D eigenvalue weighted by Gasteiger charge is -2.09. The molecule has 0 bridgehead atoms. The van der Waals surface area contributed by atoms with Crippen molar-refractivity contribution in [1.29, 1.82) is 0 Å². The Morgan fingerprint density at radius 3 is 2.40 bits per heavy atom. The topological polar surface area (TPSA) is 67.4 Å². The summed E-state index contributed by atoms with van der Waals surface area (Å²) >= 11 is 1.31. The second kappa shape index (κ2) is 8.63. The van der Waals surface area contributed by atoms with Gasteiger partial charge in [-0.3, -0.25) is 9.59 Å². The smallest absolute Gasteiger partial charge is 0.370 e. The van der Waals surface area contributed by atoms with Gasteiger partial charge in [-0.25, -0.2) is 0 Å². The van der Waals surface area contributed by atoms with Crippen molar-refractivity contribution in [2.75, 3.05) is 25.1 Å². The summed E-state index contributed by atoms with van der Waals surface area (Å²) in [5.41, 5.74) is 0.855. The monoisotopic (exact) mass is 372 g/mol. The Kier molecular flexibility index (Phi) is 6.54. The first-order chi connectivity index (χ1) is 11.8. The highest BCUT2D eigenvalue weighted by Crippen LogP contribution is 2.15. The van der Waals surface area contributed by atoms with E-state index in [-0.39, 0.29) is 19.1 Å². The third-order valence-electron chi connectivity index (χ3n) is 2.95. The Bertz CT molecular complexity index is 700. The zero-order chi connectivity index (χ0) is 18.3. The van der Waals surface area contributed by atoms with Crippen LogP contribution in [0.4, 0.5) is 18.9 Å². The van der Waals surface area contributed by atoms with E-state index in [2.05, 4.69) is 15.4 Å². The van der Waals surface area contributed by atoms with Crippen molar-refractivity contribution in [3.63, 3.8) is 0 Å². The standard InChI is InChI=1S/C16H15F3N2O3S/c17-16(18,19)10-24-8-7-20-14(22)11-3-5-12(6-4-11)21-15(23)13-2-1-9-25-13/h1-6,9H,7-8,10H2,(H,20,22)(H,21,23). The van der Waals surface area contributed by atoms with Gasteiger partial charge in [-0.15, -0.1) is 11.3 Å². The summed E-state index contributed by atoms with van der Waals surface area (Å²) in [6, 6.07) is 9.63. The summed E-state index contributed by atoms with van der Waals surface area (Å²) in [6.07, 6.45) is -4.38. The zero-order valence-electron chi connectivity index (χ0n) is 12.9. The van der Waals surface area contributed by atoms with Crippen molar-refractivity contribution >= 4 is 28.8 Å². The minimum Gasteiger partial charge on any atom is -0.370 e. The van der Waals surface area contributed by atoms with Crippen molar-refractivity contribution < 1.29 is 27.5 Å². The number of rotatable bonds is 7. The highest BCUT2D eigenvalue weighted by Gasteiger charge is 2.27. The molecule has 2 rings (SSSR count). The predicted molar refractivity (Wildman–Crippen MR) is 87.9 cm³/mol. The van der Waals surface area contributed by atoms with Gasteiger partial charge in [0, 0.05) is 17.8 Å². The van der Waals surface area contributed by atoms with Crippen LogP contribution in [0.5, 0.6) is 0 Å². The van der Waals surface area contributed by atoms with Crippen molar-refractivity contribution in [2.24, 2.45) is 0 Å². The normalized spacial score (nSPS) is 11.2. The van der Waals surface area contributed by atoms with Crippen LogP contribution in [0.3, 0.4) is 0 Å². The molecule has 5 nitrogen and oxygen atoms in total. The lowest BCUT2D eigenvalue weighted by atomic mass is 10.2. The number of halogens is 3. The highest BCUT2D eigenvalue weighted by molar-refractivity contribution is 7.12. The summed E-state index contributed by atoms with van der Waals surface area (Å²) in [5.74, 6) is -0.680. The minimum atomic E-state index is -4.38. The molecule has 0 spiro atoms. The maximum atomic E-state index is 11.9. The molecule has 0 radical (unpaired) electrons. The van der Waals surface area contributed by atoms with E-state index >= 15 is 0 Å². The summed E-state index contributed by atoms with van der Waals surface area (Å²) in [4.78, 5) is 24.3. The molecule has 0 saturated heterocycles. The lowest BCUT2D eigenvalue weighted by Crippen LogP contribution is -2.28. The van der Waals surface area contributed by atoms with E-state index in [1.807, 2.05) is 0 Å². The van der Waals surface area contributed by atoms with E-state index < -0.39 is 18.7 Å². The van der Waals surface area contributed by atoms with Gasteiger partial charge in [-0.2, -0.15) is 13.2 Å². The molecule has 0 saturated carbocycles. The van der Waals surface area contributed by atoms with Crippen LogP contribution in [0.25, 0.3) is 0 Å². The van der Waals surface area contributed by atoms with Crippen LogP contribution in [-0.4, -0.2) is 37.7 Å². The van der Waals surface area contributed by atoms with E-state index in [4.69, 9.17) is 0 Å². The summed E-state index contributed by atoms with van der Waals surface area (Å²) < 4.78 is 40.0. The molecule has 0 aliphatic rings. The van der Waals surface area contributed by atoms with Crippen LogP contribution >= 0.6 is 11.3 Å². The third-order valence-corrected chi connectivity index (χ3v) is 3.82. The molecule has 134 valence electrons. The number of carbonyl (C=O) groups is 2. The first-order valence-electron chi connectivity index (χ1n) is 7.23. The van der Waals surface area contributed by atoms with Crippen LogP contribution in [0.15, 0.2) is 41.8 Å². The number of ether oxygens (including phenoxy) is 1. The maximum absolute atomic E-state index is 11.9. The van der Waals surface area contributed by atoms with Crippen LogP contribution in [0.2, 0.25) is 0 Å². The highest BCUT2D eigenvalue weighted by atomic mass is 32.1. The predicted octanol–water partition coefficient (Wildman–Crippen LogP) is 3.31. The molecule has 9 heteroatoms. The molecule has 2 aromatic rings. The molecule has 1 heterocycles. The van der Waals surface area contributed by atoms with Crippen LogP contribution in [0.1, 0.15) is 20.0 Å². The van der Waals surface area contributed by atoms with E-state index in [1.165, 1.54) is 23.5 Å². The molecule has 25 heavy (non-hydrogen) atoms. The van der Waals surface area contributed by atoms with Gasteiger partial charge in [-0.1, -0.05) is 6.07 Å². The van der Waals surface area contributed by atoms with Gasteiger partial charge in [0.2, 0.25) is 0 Å². The van der Waals surface area contributed by atoms with Crippen molar-refractivity contribution in [3.05, 3.63) is 52.2 Å². The molecule has 0 aliphatic heterocycles. The molecule has 0 atom stereocenters. The second-order valence-corrected chi connectivity index (χ2v) is 5.88. The molecule has 2 N–H and O–H groups in total. The van der Waals surface area contributed by atoms with Crippen LogP contribution < -0.4 is 10.6 Å². The number of benzene rings is 1. The Hall–Kier alpha value is -2.39. The Labute approximate surface area is 145 Å². The van der Waals surface area contributed by atoms with E-state index in [0.29, 0.717) is 16.1 Å². The fraction of sp³-hybridized carbons (Fsp3) is 0.250. The van der Waals surface area contributed by atoms with Gasteiger partial charge in [0.15, 0.2) is 0 Å². The zero-order valence-corrected chi connectivity index (χ0v) is 13.7. The molecule has 0 fully saturated rings. The number of amides is 2. The van der Waals surface area contributed by atoms with E-state index in [1.54, 1.807) is 29.6 Å². The molecular weight excluding hydrogens is 357 g/mol. The number of hydrogen-bond donors (Lipinski definition) is 2. The number of thiophene rings is 1. The Morgan fingerprint density at radius 1 is 1.08 bits per heavy atom. The number of nitrogens with one attached hydrogen (secondary N) is 2. The molecule has 0 unspecified atom stereocenters. The van der Waals surface area contributed by atoms with Gasteiger partial charge in [0.05, 0.1) is 11.5 Å². The van der Waals surface area contributed by atoms with Crippen molar-refractivity contribution in [3.8, 4) is 0 Å². The summed E-state index contributed by atoms with van der Waals surface area (Å²) in [5, 5.41) is 6.94. The largest absolute Gasteiger partial charge is 0.411 e. The Balaban J connectivity index is 1.77. The second-order valence-electron chi connectivity index (χ2n) is 4.93. The van der Waals surface area contributed by atoms with E-state index in [9.17, 15) is 22.8 Å². The van der Waals surface area contributed by atoms with Crippen LogP contribution in [0, 0.1) is 0 Å². The van der Waals surface area contributed by atoms with Crippen molar-refractivity contribution in [1.82, 2.24) is 5.32 Å². The lowest BCUT2D eigenvalue weighted by molar-refractivity contribution is -0.173. The van der Waals surface area contributed by atoms with Gasteiger partial charge >= 0.3 is 6.18 Å². The number of alkyl halides is 3. The SMILES string of the molecule is O=C(NCCOCC(F)(F)F)c1ccc(NC(=O)c2cccs2)cc1. The summed E-state index contributed by atoms with van der Waals surface area (Å²) in [6.45, 7) is -1.62. The molecule has 1 aromatic carbocycles. The van der Waals surface area contributed by atoms with Gasteiger partial charge in [0.1, 0.15) is 6.61 Å². The number of hydrogen-bond acceptors (Lipinski definition) is 4. The van der Waals surface area contributed by atoms with Crippen LogP contribution in [-0.2, 0) is 4.74 Å². The fourth-order valence-corrected chi connectivity index (χ4v) is 2.45. The quantitative estimate of drug-likeness (QED) is 0.733. The molecule has 2 amide bonds. The number of carbonyl (C=O) groups excluding carboxylic acids is 2. The third kappa shape index (κ3) is 6.55. The van der Waals surface area contributed by atoms with Gasteiger partial charge in [0.25, 0.3) is 11.8 Å². The molecular formula is C16H15F3N2O3S. The average Bonchev–Trinajstić information content (AvgIpc) is 3.08. The first kappa shape index (κ1) is 18.9. The Morgan fingerprint density at radius 2 is 1.80 bits per heavy atom. The molecule has 0 aliphatic carbocycles. The molecule has 1 aromatic heterocycles. The van der Waals surface area contributed by atoms with E-state index in [0.717, 1.165) is 0 Å². The number of anilines is 1. The van der Waals surface area contributed by atoms with Gasteiger partial charge < -0.3 is 15.4 Å². The maximum Gasteiger partial charge on any atom is 0.411 e. The fourth-order valence-electron chi connectivity index (χ4n) is 1.83. The average molecular weight is 372 g/mol. The van der Waals surface area contributed by atoms with Crippen molar-refractivity contribution in [2.45, 2.75) is 6.18 Å². The minimum absolute atomic E-state index is 0.0359. The van der Waals surface area contributed by atoms with Gasteiger partial charge in [-0.05, 0) is 35.7 Å². The first-order valence-corrected chi connectivity index (χ1v) is 8.11. The summed E-state index contributed by atoms with van der Waals surface area (Å²) in [7, 11) is 0.